The van der Waals surface area contributed by atoms with E-state index in [1.54, 1.807) is 24.3 Å². The van der Waals surface area contributed by atoms with Crippen LogP contribution in [0.3, 0.4) is 0 Å². The lowest BCUT2D eigenvalue weighted by Crippen LogP contribution is -2.23. The third-order valence-electron chi connectivity index (χ3n) is 7.48. The summed E-state index contributed by atoms with van der Waals surface area (Å²) in [6.45, 7) is 7.54. The molecule has 1 heterocycles. The molecule has 1 fully saturated rings. The zero-order valence-electron chi connectivity index (χ0n) is 22.4. The molecule has 6 rings (SSSR count). The Morgan fingerprint density at radius 1 is 0.929 bits per heavy atom. The van der Waals surface area contributed by atoms with E-state index in [1.807, 2.05) is 30.5 Å². The van der Waals surface area contributed by atoms with Crippen LogP contribution in [-0.2, 0) is 13.0 Å². The van der Waals surface area contributed by atoms with Crippen molar-refractivity contribution in [2.75, 3.05) is 0 Å². The molecule has 0 spiro atoms. The van der Waals surface area contributed by atoms with Crippen molar-refractivity contribution in [3.05, 3.63) is 136 Å². The van der Waals surface area contributed by atoms with Gasteiger partial charge in [-0.3, -0.25) is 4.79 Å². The number of hydrogen-bond acceptors (Lipinski definition) is 2. The number of carboxylic acid groups (broad SMARTS) is 1. The van der Waals surface area contributed by atoms with Crippen molar-refractivity contribution < 1.29 is 23.5 Å². The van der Waals surface area contributed by atoms with Gasteiger partial charge in [-0.25, -0.2) is 18.4 Å². The molecule has 0 atom stereocenters. The largest absolute Gasteiger partial charge is 0.478 e. The van der Waals surface area contributed by atoms with Gasteiger partial charge in [0.1, 0.15) is 11.6 Å². The van der Waals surface area contributed by atoms with Gasteiger partial charge in [0.2, 0.25) is 0 Å². The minimum absolute atomic E-state index is 0.148. The van der Waals surface area contributed by atoms with Crippen molar-refractivity contribution in [3.63, 3.8) is 0 Å². The maximum Gasteiger partial charge on any atom is 0.335 e. The second-order valence-corrected chi connectivity index (χ2v) is 10.5. The van der Waals surface area contributed by atoms with Crippen LogP contribution in [0, 0.1) is 18.2 Å². The predicted molar refractivity (Wildman–Crippen MR) is 156 cm³/mol. The summed E-state index contributed by atoms with van der Waals surface area (Å²) in [5.74, 6) is -2.82. The molecule has 42 heavy (non-hydrogen) atoms. The Kier molecular flexibility index (Phi) is 7.01. The summed E-state index contributed by atoms with van der Waals surface area (Å²) < 4.78 is 30.6. The summed E-state index contributed by atoms with van der Waals surface area (Å²) in [4.78, 5) is 28.6. The van der Waals surface area contributed by atoms with Crippen LogP contribution < -0.4 is 5.32 Å². The fourth-order valence-electron chi connectivity index (χ4n) is 5.32. The minimum Gasteiger partial charge on any atom is -0.478 e. The zero-order valence-corrected chi connectivity index (χ0v) is 22.4. The summed E-state index contributed by atoms with van der Waals surface area (Å²) in [5, 5.41) is 12.9. The lowest BCUT2D eigenvalue weighted by molar-refractivity contribution is 0.0696. The van der Waals surface area contributed by atoms with E-state index in [0.29, 0.717) is 28.8 Å². The normalized spacial score (nSPS) is 12.7. The van der Waals surface area contributed by atoms with Crippen LogP contribution in [0.1, 0.15) is 56.3 Å². The molecule has 1 aliphatic carbocycles. The second-order valence-electron chi connectivity index (χ2n) is 10.5. The van der Waals surface area contributed by atoms with Gasteiger partial charge in [0, 0.05) is 41.3 Å². The van der Waals surface area contributed by atoms with E-state index in [9.17, 15) is 23.5 Å². The summed E-state index contributed by atoms with van der Waals surface area (Å²) in [7, 11) is 0. The van der Waals surface area contributed by atoms with Crippen LogP contribution in [-0.4, -0.2) is 21.6 Å². The first-order chi connectivity index (χ1) is 20.3. The van der Waals surface area contributed by atoms with E-state index in [1.165, 1.54) is 24.3 Å². The fraction of sp³-hybridized carbons (Fsp3) is 0.147. The summed E-state index contributed by atoms with van der Waals surface area (Å²) in [6.07, 6.45) is 4.51. The Labute approximate surface area is 240 Å². The van der Waals surface area contributed by atoms with Gasteiger partial charge in [0.15, 0.2) is 5.69 Å². The highest BCUT2D eigenvalue weighted by atomic mass is 19.1. The molecule has 1 amide bonds. The minimum atomic E-state index is -1.03. The molecule has 208 valence electrons. The molecule has 4 aromatic carbocycles. The quantitative estimate of drug-likeness (QED) is 0.191. The van der Waals surface area contributed by atoms with Crippen LogP contribution in [0.4, 0.5) is 14.5 Å². The number of halogens is 2. The van der Waals surface area contributed by atoms with Crippen molar-refractivity contribution in [1.29, 1.82) is 0 Å². The van der Waals surface area contributed by atoms with Gasteiger partial charge in [0.25, 0.3) is 5.91 Å². The molecule has 0 bridgehead atoms. The molecule has 5 aromatic rings. The van der Waals surface area contributed by atoms with Gasteiger partial charge in [-0.2, -0.15) is 0 Å². The lowest BCUT2D eigenvalue weighted by Gasteiger charge is -2.13. The molecule has 2 N–H and O–H groups in total. The van der Waals surface area contributed by atoms with Crippen LogP contribution in [0.25, 0.3) is 26.9 Å². The van der Waals surface area contributed by atoms with Crippen LogP contribution in [0.5, 0.6) is 0 Å². The molecule has 1 saturated carbocycles. The molecule has 0 aliphatic heterocycles. The Hall–Kier alpha value is -5.29. The molecule has 0 radical (unpaired) electrons. The van der Waals surface area contributed by atoms with Crippen molar-refractivity contribution in [2.24, 2.45) is 0 Å². The van der Waals surface area contributed by atoms with Crippen molar-refractivity contribution in [3.8, 4) is 11.1 Å². The summed E-state index contributed by atoms with van der Waals surface area (Å²) in [6, 6.07) is 20.7. The molecular formula is C34H25F2N3O3. The van der Waals surface area contributed by atoms with E-state index in [0.717, 1.165) is 46.5 Å². The van der Waals surface area contributed by atoms with Gasteiger partial charge in [-0.15, -0.1) is 0 Å². The molecule has 1 aromatic heterocycles. The number of nitrogens with zero attached hydrogens (tertiary/aromatic N) is 2. The van der Waals surface area contributed by atoms with Crippen molar-refractivity contribution in [2.45, 2.75) is 31.8 Å². The highest BCUT2D eigenvalue weighted by Gasteiger charge is 2.28. The smallest absolute Gasteiger partial charge is 0.335 e. The van der Waals surface area contributed by atoms with Gasteiger partial charge in [-0.1, -0.05) is 42.0 Å². The molecule has 8 heteroatoms. The van der Waals surface area contributed by atoms with E-state index in [-0.39, 0.29) is 24.1 Å². The first-order valence-electron chi connectivity index (χ1n) is 13.5. The lowest BCUT2D eigenvalue weighted by atomic mass is 9.95. The highest BCUT2D eigenvalue weighted by Crippen LogP contribution is 2.42. The standard InChI is InChI=1S/C34H25F2N3O3/c1-37-28-4-2-3-21(12-28)11-25-19-39(29-9-10-29)31-16-24(23-13-26(35)17-27(36)14-23)15-30(32(25)31)33(40)38-18-20-5-7-22(8-6-20)34(41)42/h2-8,12-17,19,29H,9-11,18H2,(H,38,40)(H,41,42). The summed E-state index contributed by atoms with van der Waals surface area (Å²) in [5.41, 5.74) is 5.24. The number of carbonyl (C=O) groups excluding carboxylic acids is 1. The van der Waals surface area contributed by atoms with E-state index < -0.39 is 17.6 Å². The number of aromatic carboxylic acids is 1. The summed E-state index contributed by atoms with van der Waals surface area (Å²) >= 11 is 0. The predicted octanol–water partition coefficient (Wildman–Crippen LogP) is 7.69. The number of benzene rings is 4. The van der Waals surface area contributed by atoms with Crippen LogP contribution >= 0.6 is 0 Å². The third kappa shape index (κ3) is 5.50. The Bertz CT molecular complexity index is 1880. The number of carboxylic acids is 1. The van der Waals surface area contributed by atoms with E-state index in [4.69, 9.17) is 6.57 Å². The van der Waals surface area contributed by atoms with Gasteiger partial charge >= 0.3 is 5.97 Å². The zero-order chi connectivity index (χ0) is 29.4. The fourth-order valence-corrected chi connectivity index (χ4v) is 5.32. The molecule has 0 unspecified atom stereocenters. The number of nitrogens with one attached hydrogen (secondary N) is 1. The number of amides is 1. The Balaban J connectivity index is 1.46. The molecule has 6 nitrogen and oxygen atoms in total. The SMILES string of the molecule is [C-]#[N+]c1cccc(Cc2cn(C3CC3)c3cc(-c4cc(F)cc(F)c4)cc(C(=O)NCc4ccc(C(=O)O)cc4)c23)c1. The second kappa shape index (κ2) is 10.9. The third-order valence-corrected chi connectivity index (χ3v) is 7.48. The van der Waals surface area contributed by atoms with E-state index >= 15 is 0 Å². The first-order valence-corrected chi connectivity index (χ1v) is 13.5. The maximum absolute atomic E-state index is 14.2. The van der Waals surface area contributed by atoms with Crippen LogP contribution in [0.2, 0.25) is 0 Å². The number of fused-ring (bicyclic) bond motifs is 1. The van der Waals surface area contributed by atoms with Crippen molar-refractivity contribution in [1.82, 2.24) is 9.88 Å². The van der Waals surface area contributed by atoms with Crippen molar-refractivity contribution >= 4 is 28.5 Å². The number of rotatable bonds is 8. The first kappa shape index (κ1) is 26.9. The van der Waals surface area contributed by atoms with Crippen LogP contribution in [0.15, 0.2) is 85.1 Å². The molecule has 0 saturated heterocycles. The number of carbonyl (C=O) groups is 2. The van der Waals surface area contributed by atoms with Gasteiger partial charge < -0.3 is 15.0 Å². The molecule has 1 aliphatic rings. The Morgan fingerprint density at radius 2 is 1.64 bits per heavy atom. The Morgan fingerprint density at radius 3 is 2.31 bits per heavy atom. The highest BCUT2D eigenvalue weighted by molar-refractivity contribution is 6.09. The molecular weight excluding hydrogens is 536 g/mol. The maximum atomic E-state index is 14.2. The average Bonchev–Trinajstić information content (AvgIpc) is 3.77. The topological polar surface area (TPSA) is 75.7 Å². The van der Waals surface area contributed by atoms with Gasteiger partial charge in [-0.05, 0) is 77.9 Å². The monoisotopic (exact) mass is 561 g/mol. The number of hydrogen-bond donors (Lipinski definition) is 2. The van der Waals surface area contributed by atoms with Gasteiger partial charge in [0.05, 0.1) is 12.1 Å². The van der Waals surface area contributed by atoms with E-state index in [2.05, 4.69) is 14.7 Å². The average molecular weight is 562 g/mol. The number of aromatic nitrogens is 1.